The third-order valence-electron chi connectivity index (χ3n) is 7.28. The molecule has 2 aromatic heterocycles. The first-order valence-electron chi connectivity index (χ1n) is 13.7. The number of halogens is 2. The van der Waals surface area contributed by atoms with E-state index in [2.05, 4.69) is 21.0 Å². The third kappa shape index (κ3) is 5.45. The topological polar surface area (TPSA) is 113 Å². The molecule has 0 atom stereocenters. The van der Waals surface area contributed by atoms with Gasteiger partial charge in [0.05, 0.1) is 22.0 Å². The molecular formula is C34H20BrClN4O5. The zero-order chi connectivity index (χ0) is 31.1. The molecule has 9 nitrogen and oxygen atoms in total. The van der Waals surface area contributed by atoms with Gasteiger partial charge in [-0.2, -0.15) is 9.78 Å². The Kier molecular flexibility index (Phi) is 7.36. The average molecular weight is 680 g/mol. The van der Waals surface area contributed by atoms with E-state index in [1.54, 1.807) is 36.4 Å². The van der Waals surface area contributed by atoms with Crippen LogP contribution in [0.4, 0.5) is 5.69 Å². The van der Waals surface area contributed by atoms with Crippen LogP contribution in [0.15, 0.2) is 122 Å². The van der Waals surface area contributed by atoms with Crippen molar-refractivity contribution in [1.82, 2.24) is 9.66 Å². The van der Waals surface area contributed by atoms with E-state index < -0.39 is 10.5 Å². The number of benzene rings is 5. The maximum Gasteiger partial charge on any atom is 0.313 e. The van der Waals surface area contributed by atoms with Gasteiger partial charge in [-0.1, -0.05) is 82.1 Å². The van der Waals surface area contributed by atoms with Crippen LogP contribution in [-0.4, -0.2) is 20.8 Å². The minimum atomic E-state index is -0.566. The minimum Gasteiger partial charge on any atom is -0.481 e. The lowest BCUT2D eigenvalue weighted by Crippen LogP contribution is -2.20. The number of aromatic nitrogens is 2. The highest BCUT2D eigenvalue weighted by atomic mass is 79.9. The molecule has 0 radical (unpaired) electrons. The van der Waals surface area contributed by atoms with Crippen molar-refractivity contribution in [3.05, 3.63) is 144 Å². The maximum atomic E-state index is 13.8. The van der Waals surface area contributed by atoms with E-state index in [0.717, 1.165) is 30.9 Å². The predicted octanol–water partition coefficient (Wildman–Crippen LogP) is 8.75. The number of nitrogens with zero attached hydrogens (tertiary/aromatic N) is 4. The second-order valence-corrected chi connectivity index (χ2v) is 11.5. The van der Waals surface area contributed by atoms with Crippen molar-refractivity contribution in [3.8, 4) is 17.3 Å². The Balaban J connectivity index is 1.36. The van der Waals surface area contributed by atoms with Gasteiger partial charge in [0, 0.05) is 26.5 Å². The fraction of sp³-hybridized carbons (Fsp3) is 0.0294. The number of hydrogen-bond donors (Lipinski definition) is 0. The SMILES string of the molecule is O=c1c2ccccc2nc(-c2cc3cc(Br)ccc3o2)n1N=Cc1cc(Cl)cc([N+](=O)[O-])c1OCc1cccc2ccccc12. The standard InChI is InChI=1S/C34H20BrClN4O5/c35-24-12-13-30-22(14-24)16-31(45-30)33-38-28-11-4-3-10-27(28)34(41)39(33)37-18-23-15-25(36)17-29(40(42)43)32(23)44-19-21-8-5-7-20-6-1-2-9-26(20)21/h1-18H,19H2. The van der Waals surface area contributed by atoms with Crippen molar-refractivity contribution in [1.29, 1.82) is 0 Å². The van der Waals surface area contributed by atoms with Crippen molar-refractivity contribution in [3.63, 3.8) is 0 Å². The number of para-hydroxylation sites is 1. The van der Waals surface area contributed by atoms with Crippen LogP contribution in [0.3, 0.4) is 0 Å². The molecule has 0 N–H and O–H groups in total. The Morgan fingerprint density at radius 3 is 2.58 bits per heavy atom. The number of rotatable bonds is 7. The number of ether oxygens (including phenoxy) is 1. The van der Waals surface area contributed by atoms with Crippen molar-refractivity contribution in [2.24, 2.45) is 5.10 Å². The van der Waals surface area contributed by atoms with Gasteiger partial charge in [-0.15, -0.1) is 0 Å². The summed E-state index contributed by atoms with van der Waals surface area (Å²) in [4.78, 5) is 30.0. The smallest absolute Gasteiger partial charge is 0.313 e. The van der Waals surface area contributed by atoms with Crippen LogP contribution in [0, 0.1) is 10.1 Å². The summed E-state index contributed by atoms with van der Waals surface area (Å²) in [6.45, 7) is 0.0436. The molecule has 0 amide bonds. The molecule has 0 unspecified atom stereocenters. The molecule has 0 saturated heterocycles. The first-order valence-corrected chi connectivity index (χ1v) is 14.9. The van der Waals surface area contributed by atoms with Crippen LogP contribution < -0.4 is 10.3 Å². The monoisotopic (exact) mass is 678 g/mol. The van der Waals surface area contributed by atoms with Gasteiger partial charge in [0.25, 0.3) is 5.56 Å². The van der Waals surface area contributed by atoms with E-state index in [1.165, 1.54) is 18.3 Å². The van der Waals surface area contributed by atoms with Gasteiger partial charge in [0.15, 0.2) is 5.76 Å². The van der Waals surface area contributed by atoms with Gasteiger partial charge < -0.3 is 9.15 Å². The normalized spacial score (nSPS) is 11.6. The zero-order valence-corrected chi connectivity index (χ0v) is 25.5. The number of fused-ring (bicyclic) bond motifs is 3. The maximum absolute atomic E-state index is 13.8. The molecule has 0 spiro atoms. The van der Waals surface area contributed by atoms with Crippen LogP contribution in [0.5, 0.6) is 5.75 Å². The molecule has 0 aliphatic heterocycles. The van der Waals surface area contributed by atoms with E-state index in [-0.39, 0.29) is 34.5 Å². The predicted molar refractivity (Wildman–Crippen MR) is 178 cm³/mol. The Morgan fingerprint density at radius 2 is 1.73 bits per heavy atom. The van der Waals surface area contributed by atoms with Crippen molar-refractivity contribution in [2.75, 3.05) is 0 Å². The molecule has 220 valence electrons. The highest BCUT2D eigenvalue weighted by Crippen LogP contribution is 2.35. The number of nitro benzene ring substituents is 1. The van der Waals surface area contributed by atoms with Crippen LogP contribution >= 0.6 is 27.5 Å². The van der Waals surface area contributed by atoms with Gasteiger partial charge in [-0.05, 0) is 58.8 Å². The van der Waals surface area contributed by atoms with E-state index in [4.69, 9.17) is 25.7 Å². The summed E-state index contributed by atoms with van der Waals surface area (Å²) in [7, 11) is 0. The van der Waals surface area contributed by atoms with E-state index in [1.807, 2.05) is 54.6 Å². The first kappa shape index (κ1) is 28.5. The quantitative estimate of drug-likeness (QED) is 0.0946. The van der Waals surface area contributed by atoms with E-state index in [9.17, 15) is 14.9 Å². The van der Waals surface area contributed by atoms with Gasteiger partial charge in [0.2, 0.25) is 11.6 Å². The lowest BCUT2D eigenvalue weighted by Gasteiger charge is -2.12. The summed E-state index contributed by atoms with van der Waals surface area (Å²) >= 11 is 9.78. The molecule has 45 heavy (non-hydrogen) atoms. The summed E-state index contributed by atoms with van der Waals surface area (Å²) in [5, 5.41) is 19.8. The highest BCUT2D eigenvalue weighted by molar-refractivity contribution is 9.10. The summed E-state index contributed by atoms with van der Waals surface area (Å²) in [5.74, 6) is 0.419. The summed E-state index contributed by atoms with van der Waals surface area (Å²) in [6, 6.07) is 30.5. The molecule has 7 rings (SSSR count). The number of furan rings is 1. The lowest BCUT2D eigenvalue weighted by molar-refractivity contribution is -0.385. The summed E-state index contributed by atoms with van der Waals surface area (Å²) in [6.07, 6.45) is 1.30. The van der Waals surface area contributed by atoms with Gasteiger partial charge >= 0.3 is 5.69 Å². The zero-order valence-electron chi connectivity index (χ0n) is 23.2. The Hall–Kier alpha value is -5.32. The summed E-state index contributed by atoms with van der Waals surface area (Å²) in [5.41, 5.74) is 1.31. The lowest BCUT2D eigenvalue weighted by atomic mass is 10.1. The van der Waals surface area contributed by atoms with Crippen LogP contribution in [0.1, 0.15) is 11.1 Å². The van der Waals surface area contributed by atoms with Gasteiger partial charge in [-0.3, -0.25) is 14.9 Å². The fourth-order valence-corrected chi connectivity index (χ4v) is 5.79. The van der Waals surface area contributed by atoms with Crippen LogP contribution in [-0.2, 0) is 6.61 Å². The minimum absolute atomic E-state index is 0.0435. The average Bonchev–Trinajstić information content (AvgIpc) is 3.46. The molecule has 5 aromatic carbocycles. The molecule has 0 aliphatic rings. The highest BCUT2D eigenvalue weighted by Gasteiger charge is 2.22. The van der Waals surface area contributed by atoms with Gasteiger partial charge in [-0.25, -0.2) is 4.98 Å². The molecule has 0 aliphatic carbocycles. The molecular weight excluding hydrogens is 660 g/mol. The second kappa shape index (κ2) is 11.6. The van der Waals surface area contributed by atoms with Gasteiger partial charge in [0.1, 0.15) is 12.2 Å². The Bertz CT molecular complexity index is 2380. The first-order chi connectivity index (χ1) is 21.9. The Labute approximate surface area is 268 Å². The van der Waals surface area contributed by atoms with Crippen molar-refractivity contribution < 1.29 is 14.1 Å². The molecule has 0 bridgehead atoms. The van der Waals surface area contributed by atoms with Crippen LogP contribution in [0.2, 0.25) is 5.02 Å². The largest absolute Gasteiger partial charge is 0.481 e. The van der Waals surface area contributed by atoms with Crippen molar-refractivity contribution in [2.45, 2.75) is 6.61 Å². The molecule has 11 heteroatoms. The Morgan fingerprint density at radius 1 is 0.956 bits per heavy atom. The number of hydrogen-bond acceptors (Lipinski definition) is 7. The van der Waals surface area contributed by atoms with E-state index >= 15 is 0 Å². The summed E-state index contributed by atoms with van der Waals surface area (Å²) < 4.78 is 14.2. The fourth-order valence-electron chi connectivity index (χ4n) is 5.19. The van der Waals surface area contributed by atoms with Crippen LogP contribution in [0.25, 0.3) is 44.2 Å². The molecule has 0 fully saturated rings. The second-order valence-electron chi connectivity index (χ2n) is 10.1. The van der Waals surface area contributed by atoms with E-state index in [0.29, 0.717) is 22.2 Å². The molecule has 2 heterocycles. The molecule has 7 aromatic rings. The number of nitro groups is 1. The van der Waals surface area contributed by atoms with Crippen molar-refractivity contribution >= 4 is 72.1 Å². The third-order valence-corrected chi connectivity index (χ3v) is 7.99. The molecule has 0 saturated carbocycles.